The van der Waals surface area contributed by atoms with Crippen molar-refractivity contribution in [2.24, 2.45) is 5.41 Å². The van der Waals surface area contributed by atoms with Crippen LogP contribution in [0.25, 0.3) is 0 Å². The van der Waals surface area contributed by atoms with Crippen LogP contribution in [0.3, 0.4) is 0 Å². The molecule has 0 aromatic rings. The smallest absolute Gasteiger partial charge is 0.158 e. The Morgan fingerprint density at radius 1 is 0.938 bits per heavy atom. The lowest BCUT2D eigenvalue weighted by Gasteiger charge is -2.28. The van der Waals surface area contributed by atoms with E-state index in [4.69, 9.17) is 0 Å². The van der Waals surface area contributed by atoms with Crippen LogP contribution in [-0.4, -0.2) is 22.4 Å². The number of rotatable bonds is 0. The van der Waals surface area contributed by atoms with Gasteiger partial charge in [0.2, 0.25) is 0 Å². The molecule has 0 fully saturated rings. The zero-order valence-electron chi connectivity index (χ0n) is 11.9. The van der Waals surface area contributed by atoms with Crippen LogP contribution in [0.4, 0.5) is 0 Å². The van der Waals surface area contributed by atoms with Gasteiger partial charge in [-0.1, -0.05) is 32.9 Å². The van der Waals surface area contributed by atoms with Crippen LogP contribution in [0.2, 0.25) is 0 Å². The van der Waals surface area contributed by atoms with Gasteiger partial charge in [0.1, 0.15) is 6.54 Å². The third-order valence-corrected chi connectivity index (χ3v) is 3.24. The van der Waals surface area contributed by atoms with Crippen molar-refractivity contribution in [2.45, 2.75) is 66.3 Å². The predicted molar refractivity (Wildman–Crippen MR) is 72.3 cm³/mol. The minimum absolute atomic E-state index is 0.244. The Hall–Kier alpha value is -0.590. The quantitative estimate of drug-likeness (QED) is 0.430. The lowest BCUT2D eigenvalue weighted by molar-refractivity contribution is -0.600. The Kier molecular flexibility index (Phi) is 3.98. The van der Waals surface area contributed by atoms with Gasteiger partial charge >= 0.3 is 0 Å². The minimum Gasteiger partial charge on any atom is -0.232 e. The Bertz CT molecular complexity index is 264. The Balaban J connectivity index is 3.15. The predicted octanol–water partition coefficient (Wildman–Crippen LogP) is 4.02. The van der Waals surface area contributed by atoms with Gasteiger partial charge in [-0.25, -0.2) is 4.58 Å². The monoisotopic (exact) mass is 222 g/mol. The molecule has 0 amide bonds. The van der Waals surface area contributed by atoms with Crippen molar-refractivity contribution >= 4 is 5.71 Å². The summed E-state index contributed by atoms with van der Waals surface area (Å²) in [6.45, 7) is 15.1. The van der Waals surface area contributed by atoms with Gasteiger partial charge in [-0.3, -0.25) is 0 Å². The molecule has 0 unspecified atom stereocenters. The zero-order valence-corrected chi connectivity index (χ0v) is 11.9. The molecule has 0 saturated heterocycles. The SMILES string of the molecule is CC(C)(C)/C1=[N+](\C(C)(C)C)CC/C=C\CC1. The highest BCUT2D eigenvalue weighted by molar-refractivity contribution is 5.85. The Morgan fingerprint density at radius 2 is 1.50 bits per heavy atom. The fourth-order valence-electron chi connectivity index (χ4n) is 2.45. The summed E-state index contributed by atoms with van der Waals surface area (Å²) in [5, 5.41) is 0. The fourth-order valence-corrected chi connectivity index (χ4v) is 2.45. The van der Waals surface area contributed by atoms with Gasteiger partial charge in [0, 0.05) is 18.3 Å². The van der Waals surface area contributed by atoms with Crippen molar-refractivity contribution in [3.8, 4) is 0 Å². The van der Waals surface area contributed by atoms with Crippen molar-refractivity contribution in [1.82, 2.24) is 0 Å². The molecule has 0 atom stereocenters. The van der Waals surface area contributed by atoms with Crippen LogP contribution in [0.1, 0.15) is 60.8 Å². The molecule has 1 heterocycles. The van der Waals surface area contributed by atoms with Gasteiger partial charge in [0.05, 0.1) is 0 Å². The van der Waals surface area contributed by atoms with Crippen molar-refractivity contribution < 1.29 is 4.58 Å². The molecule has 0 N–H and O–H groups in total. The van der Waals surface area contributed by atoms with Gasteiger partial charge in [-0.2, -0.15) is 0 Å². The average Bonchev–Trinajstić information content (AvgIpc) is 1.96. The van der Waals surface area contributed by atoms with E-state index in [1.807, 2.05) is 0 Å². The third kappa shape index (κ3) is 3.47. The maximum absolute atomic E-state index is 2.62. The molecule has 1 aliphatic heterocycles. The molecule has 0 aromatic carbocycles. The second kappa shape index (κ2) is 4.73. The first kappa shape index (κ1) is 13.5. The standard InChI is InChI=1S/C15H28N/c1-14(2,3)13-11-9-7-8-10-12-16(13)15(4,5)6/h7-8H,9-12H2,1-6H3/q+1/b8-7-,16-13-. The molecule has 1 heteroatoms. The molecule has 0 bridgehead atoms. The summed E-state index contributed by atoms with van der Waals surface area (Å²) in [5.41, 5.74) is 2.15. The summed E-state index contributed by atoms with van der Waals surface area (Å²) < 4.78 is 2.62. The number of allylic oxidation sites excluding steroid dienone is 1. The van der Waals surface area contributed by atoms with Crippen molar-refractivity contribution in [1.29, 1.82) is 0 Å². The van der Waals surface area contributed by atoms with Crippen LogP contribution in [-0.2, 0) is 0 Å². The number of hydrogen-bond acceptors (Lipinski definition) is 0. The van der Waals surface area contributed by atoms with Crippen LogP contribution >= 0.6 is 0 Å². The van der Waals surface area contributed by atoms with Crippen LogP contribution in [0.5, 0.6) is 0 Å². The number of nitrogens with zero attached hydrogens (tertiary/aromatic N) is 1. The van der Waals surface area contributed by atoms with Crippen molar-refractivity contribution in [2.75, 3.05) is 6.54 Å². The minimum atomic E-state index is 0.244. The highest BCUT2D eigenvalue weighted by Gasteiger charge is 2.34. The van der Waals surface area contributed by atoms with Crippen LogP contribution in [0.15, 0.2) is 12.2 Å². The van der Waals surface area contributed by atoms with Crippen LogP contribution in [0, 0.1) is 5.41 Å². The molecule has 0 spiro atoms. The number of hydrogen-bond donors (Lipinski definition) is 0. The zero-order chi connectivity index (χ0) is 12.4. The Labute approximate surface area is 101 Å². The van der Waals surface area contributed by atoms with E-state index >= 15 is 0 Å². The molecule has 0 aromatic heterocycles. The highest BCUT2D eigenvalue weighted by atomic mass is 15.1. The molecule has 0 saturated carbocycles. The normalized spacial score (nSPS) is 26.1. The van der Waals surface area contributed by atoms with E-state index in [9.17, 15) is 0 Å². The first-order valence-corrected chi connectivity index (χ1v) is 6.52. The van der Waals surface area contributed by atoms with Gasteiger partial charge in [-0.05, 0) is 27.2 Å². The maximum atomic E-state index is 2.62. The summed E-state index contributed by atoms with van der Waals surface area (Å²) in [5.74, 6) is 0. The van der Waals surface area contributed by atoms with Gasteiger partial charge < -0.3 is 0 Å². The van der Waals surface area contributed by atoms with E-state index in [-0.39, 0.29) is 5.54 Å². The summed E-state index contributed by atoms with van der Waals surface area (Å²) in [6.07, 6.45) is 8.25. The summed E-state index contributed by atoms with van der Waals surface area (Å²) in [6, 6.07) is 0. The summed E-state index contributed by atoms with van der Waals surface area (Å²) >= 11 is 0. The average molecular weight is 222 g/mol. The second-order valence-electron chi connectivity index (χ2n) is 6.82. The topological polar surface area (TPSA) is 3.01 Å². The van der Waals surface area contributed by atoms with E-state index in [1.54, 1.807) is 5.71 Å². The molecule has 0 radical (unpaired) electrons. The van der Waals surface area contributed by atoms with Crippen LogP contribution < -0.4 is 0 Å². The van der Waals surface area contributed by atoms with E-state index in [0.717, 1.165) is 6.54 Å². The highest BCUT2D eigenvalue weighted by Crippen LogP contribution is 2.24. The largest absolute Gasteiger partial charge is 0.232 e. The van der Waals surface area contributed by atoms with Gasteiger partial charge in [0.25, 0.3) is 0 Å². The molecule has 92 valence electrons. The fraction of sp³-hybridized carbons (Fsp3) is 0.800. The lowest BCUT2D eigenvalue weighted by Crippen LogP contribution is -2.43. The maximum Gasteiger partial charge on any atom is 0.158 e. The van der Waals surface area contributed by atoms with Gasteiger partial charge in [0.15, 0.2) is 11.3 Å². The third-order valence-electron chi connectivity index (χ3n) is 3.24. The molecule has 16 heavy (non-hydrogen) atoms. The van der Waals surface area contributed by atoms with E-state index < -0.39 is 0 Å². The lowest BCUT2D eigenvalue weighted by atomic mass is 9.85. The molecular weight excluding hydrogens is 194 g/mol. The summed E-state index contributed by atoms with van der Waals surface area (Å²) in [7, 11) is 0. The van der Waals surface area contributed by atoms with E-state index in [0.29, 0.717) is 5.41 Å². The summed E-state index contributed by atoms with van der Waals surface area (Å²) in [4.78, 5) is 0. The van der Waals surface area contributed by atoms with E-state index in [2.05, 4.69) is 58.3 Å². The molecular formula is C15H28N+. The van der Waals surface area contributed by atoms with E-state index in [1.165, 1.54) is 19.3 Å². The van der Waals surface area contributed by atoms with Crippen molar-refractivity contribution in [3.05, 3.63) is 12.2 Å². The van der Waals surface area contributed by atoms with Gasteiger partial charge in [-0.15, -0.1) is 0 Å². The second-order valence-corrected chi connectivity index (χ2v) is 6.82. The first-order chi connectivity index (χ1) is 7.23. The molecule has 1 nitrogen and oxygen atoms in total. The first-order valence-electron chi connectivity index (χ1n) is 6.52. The molecule has 1 aliphatic rings. The van der Waals surface area contributed by atoms with Crippen molar-refractivity contribution in [3.63, 3.8) is 0 Å². The Morgan fingerprint density at radius 3 is 2.00 bits per heavy atom. The molecule has 1 rings (SSSR count). The molecule has 0 aliphatic carbocycles.